The number of amides is 1. The van der Waals surface area contributed by atoms with Gasteiger partial charge in [-0.3, -0.25) is 19.8 Å². The molecule has 1 amide bonds. The van der Waals surface area contributed by atoms with Crippen molar-refractivity contribution in [1.29, 1.82) is 0 Å². The van der Waals surface area contributed by atoms with E-state index >= 15 is 0 Å². The average Bonchev–Trinajstić information content (AvgIpc) is 2.78. The molecule has 0 radical (unpaired) electrons. The predicted molar refractivity (Wildman–Crippen MR) is 117 cm³/mol. The molecule has 0 saturated carbocycles. The van der Waals surface area contributed by atoms with Crippen molar-refractivity contribution in [3.05, 3.63) is 64.2 Å². The third-order valence-corrected chi connectivity index (χ3v) is 4.17. The van der Waals surface area contributed by atoms with Gasteiger partial charge in [0.15, 0.2) is 0 Å². The smallest absolute Gasteiger partial charge is 0.414 e. The Bertz CT molecular complexity index is 939. The lowest BCUT2D eigenvalue weighted by atomic mass is 10.2. The van der Waals surface area contributed by atoms with Gasteiger partial charge in [0, 0.05) is 38.2 Å². The Morgan fingerprint density at radius 3 is 2.21 bits per heavy atom. The molecule has 0 fully saturated rings. The number of nitrogens with zero attached hydrogens (tertiary/aromatic N) is 2. The van der Waals surface area contributed by atoms with Crippen LogP contribution in [0.5, 0.6) is 5.75 Å². The van der Waals surface area contributed by atoms with Crippen molar-refractivity contribution in [3.8, 4) is 5.75 Å². The van der Waals surface area contributed by atoms with Gasteiger partial charge in [-0.2, -0.15) is 0 Å². The first-order chi connectivity index (χ1) is 15.7. The van der Waals surface area contributed by atoms with Crippen molar-refractivity contribution in [2.24, 2.45) is 0 Å². The average molecular weight is 463 g/mol. The first-order valence-corrected chi connectivity index (χ1v) is 9.63. The zero-order chi connectivity index (χ0) is 24.8. The lowest BCUT2D eigenvalue weighted by Crippen LogP contribution is -2.30. The van der Waals surface area contributed by atoms with E-state index in [4.69, 9.17) is 24.5 Å². The first kappa shape index (κ1) is 27.0. The Hall–Kier alpha value is -4.03. The summed E-state index contributed by atoms with van der Waals surface area (Å²) >= 11 is 0. The molecular weight excluding hydrogens is 438 g/mol. The van der Waals surface area contributed by atoms with Crippen LogP contribution in [0.15, 0.2) is 48.5 Å². The number of carbonyl (C=O) groups is 3. The highest BCUT2D eigenvalue weighted by molar-refractivity contribution is 6.27. The molecule has 4 N–H and O–H groups in total. The van der Waals surface area contributed by atoms with Crippen molar-refractivity contribution in [2.45, 2.75) is 13.0 Å². The van der Waals surface area contributed by atoms with E-state index in [0.717, 1.165) is 5.56 Å². The van der Waals surface area contributed by atoms with E-state index in [-0.39, 0.29) is 30.3 Å². The Balaban J connectivity index is 0.000000801. The van der Waals surface area contributed by atoms with Gasteiger partial charge in [0.1, 0.15) is 5.75 Å². The number of benzene rings is 2. The summed E-state index contributed by atoms with van der Waals surface area (Å²) in [6.45, 7) is 1.50. The number of hydrogen-bond acceptors (Lipinski definition) is 8. The molecule has 2 aromatic rings. The van der Waals surface area contributed by atoms with Crippen molar-refractivity contribution in [1.82, 2.24) is 4.90 Å². The van der Waals surface area contributed by atoms with E-state index in [1.807, 2.05) is 35.2 Å². The number of methoxy groups -OCH3 is 1. The normalized spacial score (nSPS) is 10.0. The summed E-state index contributed by atoms with van der Waals surface area (Å²) in [6.07, 6.45) is 0.179. The van der Waals surface area contributed by atoms with Crippen LogP contribution in [0.1, 0.15) is 12.0 Å². The van der Waals surface area contributed by atoms with Crippen LogP contribution in [0.3, 0.4) is 0 Å². The van der Waals surface area contributed by atoms with Crippen LogP contribution in [0.2, 0.25) is 0 Å². The second-order valence-corrected chi connectivity index (χ2v) is 6.54. The van der Waals surface area contributed by atoms with Crippen LogP contribution in [0, 0.1) is 10.1 Å². The van der Waals surface area contributed by atoms with E-state index in [0.29, 0.717) is 25.4 Å². The molecule has 12 nitrogen and oxygen atoms in total. The highest BCUT2D eigenvalue weighted by atomic mass is 16.6. The number of carboxylic acid groups (broad SMARTS) is 2. The lowest BCUT2D eigenvalue weighted by molar-refractivity contribution is -0.384. The summed E-state index contributed by atoms with van der Waals surface area (Å²) in [5.74, 6) is -3.58. The van der Waals surface area contributed by atoms with E-state index < -0.39 is 16.9 Å². The Morgan fingerprint density at radius 2 is 1.70 bits per heavy atom. The lowest BCUT2D eigenvalue weighted by Gasteiger charge is -2.21. The number of anilines is 1. The molecule has 0 heterocycles. The summed E-state index contributed by atoms with van der Waals surface area (Å²) in [5.41, 5.74) is 1.22. The number of carbonyl (C=O) groups excluding carboxylic acids is 1. The van der Waals surface area contributed by atoms with E-state index in [9.17, 15) is 20.0 Å². The zero-order valence-corrected chi connectivity index (χ0v) is 17.8. The highest BCUT2D eigenvalue weighted by Crippen LogP contribution is 2.28. The summed E-state index contributed by atoms with van der Waals surface area (Å²) < 4.78 is 5.14. The molecule has 0 atom stereocenters. The number of ether oxygens (including phenoxy) is 1. The maximum Gasteiger partial charge on any atom is 0.414 e. The fourth-order valence-electron chi connectivity index (χ4n) is 2.63. The monoisotopic (exact) mass is 463 g/mol. The molecule has 0 aliphatic heterocycles. The van der Waals surface area contributed by atoms with Gasteiger partial charge < -0.3 is 25.4 Å². The van der Waals surface area contributed by atoms with Crippen molar-refractivity contribution in [2.75, 3.05) is 32.1 Å². The van der Waals surface area contributed by atoms with Gasteiger partial charge in [-0.25, -0.2) is 9.59 Å². The standard InChI is InChI=1S/C19H23N3O5.C2H2O4/c1-27-18-8-7-16(22(25)26)13-17(18)20-19(24)9-10-21(11-12-23)14-15-5-3-2-4-6-15;3-1(4)2(5)6/h2-8,13,23H,9-12,14H2,1H3,(H,20,24);(H,3,4)(H,5,6). The maximum absolute atomic E-state index is 12.3. The van der Waals surface area contributed by atoms with Gasteiger partial charge in [0.2, 0.25) is 5.91 Å². The molecule has 0 aromatic heterocycles. The number of non-ortho nitro benzene ring substituents is 1. The third-order valence-electron chi connectivity index (χ3n) is 4.17. The fourth-order valence-corrected chi connectivity index (χ4v) is 2.63. The fraction of sp³-hybridized carbons (Fsp3) is 0.286. The highest BCUT2D eigenvalue weighted by Gasteiger charge is 2.15. The minimum absolute atomic E-state index is 0.00679. The summed E-state index contributed by atoms with van der Waals surface area (Å²) in [5, 5.41) is 37.6. The van der Waals surface area contributed by atoms with Crippen LogP contribution in [0.25, 0.3) is 0 Å². The van der Waals surface area contributed by atoms with Gasteiger partial charge >= 0.3 is 11.9 Å². The van der Waals surface area contributed by atoms with Crippen LogP contribution < -0.4 is 10.1 Å². The second kappa shape index (κ2) is 14.1. The summed E-state index contributed by atoms with van der Waals surface area (Å²) in [6, 6.07) is 13.8. The number of aliphatic hydroxyl groups is 1. The molecule has 178 valence electrons. The Kier molecular flexibility index (Phi) is 11.5. The molecule has 12 heteroatoms. The zero-order valence-electron chi connectivity index (χ0n) is 17.8. The number of nitro benzene ring substituents is 1. The topological polar surface area (TPSA) is 180 Å². The number of aliphatic hydroxyl groups excluding tert-OH is 1. The maximum atomic E-state index is 12.3. The summed E-state index contributed by atoms with van der Waals surface area (Å²) in [4.78, 5) is 42.9. The Labute approximate surface area is 189 Å². The molecule has 2 aromatic carbocycles. The van der Waals surface area contributed by atoms with Crippen LogP contribution in [-0.2, 0) is 20.9 Å². The van der Waals surface area contributed by atoms with Gasteiger partial charge in [0.05, 0.1) is 24.3 Å². The van der Waals surface area contributed by atoms with Crippen LogP contribution in [0.4, 0.5) is 11.4 Å². The van der Waals surface area contributed by atoms with Gasteiger partial charge in [-0.1, -0.05) is 30.3 Å². The molecule has 0 spiro atoms. The van der Waals surface area contributed by atoms with Gasteiger partial charge in [-0.15, -0.1) is 0 Å². The minimum Gasteiger partial charge on any atom is -0.495 e. The molecule has 0 unspecified atom stereocenters. The number of aliphatic carboxylic acids is 2. The molecule has 2 rings (SSSR count). The van der Waals surface area contributed by atoms with Crippen molar-refractivity contribution >= 4 is 29.2 Å². The largest absolute Gasteiger partial charge is 0.495 e. The van der Waals surface area contributed by atoms with E-state index in [2.05, 4.69) is 5.32 Å². The number of carboxylic acids is 2. The number of hydrogen-bond donors (Lipinski definition) is 4. The van der Waals surface area contributed by atoms with E-state index in [1.54, 1.807) is 0 Å². The molecule has 0 bridgehead atoms. The quantitative estimate of drug-likeness (QED) is 0.229. The molecule has 33 heavy (non-hydrogen) atoms. The predicted octanol–water partition coefficient (Wildman–Crippen LogP) is 1.58. The van der Waals surface area contributed by atoms with Crippen LogP contribution in [-0.4, -0.2) is 69.8 Å². The Morgan fingerprint density at radius 1 is 1.06 bits per heavy atom. The van der Waals surface area contributed by atoms with Crippen LogP contribution >= 0.6 is 0 Å². The molecule has 0 aliphatic rings. The van der Waals surface area contributed by atoms with Gasteiger partial charge in [-0.05, 0) is 11.6 Å². The molecule has 0 saturated heterocycles. The second-order valence-electron chi connectivity index (χ2n) is 6.54. The third kappa shape index (κ3) is 10.2. The number of nitrogens with one attached hydrogen (secondary N) is 1. The molecular formula is C21H25N3O9. The van der Waals surface area contributed by atoms with Gasteiger partial charge in [0.25, 0.3) is 5.69 Å². The number of rotatable bonds is 10. The van der Waals surface area contributed by atoms with E-state index in [1.165, 1.54) is 25.3 Å². The SMILES string of the molecule is COc1ccc([N+](=O)[O-])cc1NC(=O)CCN(CCO)Cc1ccccc1.O=C(O)C(=O)O. The summed E-state index contributed by atoms with van der Waals surface area (Å²) in [7, 11) is 1.43. The van der Waals surface area contributed by atoms with Crippen molar-refractivity contribution in [3.63, 3.8) is 0 Å². The molecule has 0 aliphatic carbocycles. The first-order valence-electron chi connectivity index (χ1n) is 9.63. The van der Waals surface area contributed by atoms with Crippen molar-refractivity contribution < 1.29 is 39.4 Å². The minimum atomic E-state index is -1.82. The number of nitro groups is 1.